The summed E-state index contributed by atoms with van der Waals surface area (Å²) in [7, 11) is 0. The number of ether oxygens (including phenoxy) is 1. The molecule has 1 atom stereocenters. The number of hydrogen-bond acceptors (Lipinski definition) is 6. The van der Waals surface area contributed by atoms with E-state index in [9.17, 15) is 0 Å². The number of nitrogens with one attached hydrogen (secondary N) is 2. The van der Waals surface area contributed by atoms with Crippen molar-refractivity contribution in [2.75, 3.05) is 52.5 Å². The number of halogens is 1. The van der Waals surface area contributed by atoms with E-state index in [0.717, 1.165) is 69.1 Å². The fourth-order valence-electron chi connectivity index (χ4n) is 2.87. The molecule has 1 aliphatic heterocycles. The van der Waals surface area contributed by atoms with Gasteiger partial charge in [0.2, 0.25) is 0 Å². The summed E-state index contributed by atoms with van der Waals surface area (Å²) >= 11 is 1.68. The van der Waals surface area contributed by atoms with Crippen LogP contribution in [0.25, 0.3) is 0 Å². The standard InChI is InChI=1S/C19H29N5O2S.HI/c1-16(18-20-7-14-27-18)15-23-19(21-5-4-17-3-2-11-26-17)22-6-8-24-9-12-25-13-10-24;/h2-3,7,11,14,16H,4-6,8-10,12-13,15H2,1H3,(H2,21,22,23);1H. The maximum atomic E-state index is 5.40. The summed E-state index contributed by atoms with van der Waals surface area (Å²) in [4.78, 5) is 11.6. The first-order chi connectivity index (χ1) is 13.3. The van der Waals surface area contributed by atoms with Gasteiger partial charge in [-0.05, 0) is 12.1 Å². The molecule has 1 fully saturated rings. The van der Waals surface area contributed by atoms with Gasteiger partial charge in [-0.2, -0.15) is 0 Å². The van der Waals surface area contributed by atoms with Crippen LogP contribution in [0.2, 0.25) is 0 Å². The van der Waals surface area contributed by atoms with Gasteiger partial charge in [0.05, 0.1) is 31.0 Å². The molecule has 1 saturated heterocycles. The Bertz CT molecular complexity index is 660. The Kier molecular flexibility index (Phi) is 10.8. The molecule has 1 unspecified atom stereocenters. The highest BCUT2D eigenvalue weighted by Gasteiger charge is 2.11. The van der Waals surface area contributed by atoms with Gasteiger partial charge in [-0.3, -0.25) is 9.89 Å². The van der Waals surface area contributed by atoms with Gasteiger partial charge in [-0.25, -0.2) is 4.98 Å². The minimum Gasteiger partial charge on any atom is -0.469 e. The van der Waals surface area contributed by atoms with Crippen LogP contribution >= 0.6 is 35.3 Å². The molecule has 7 nitrogen and oxygen atoms in total. The number of thiazole rings is 1. The van der Waals surface area contributed by atoms with Crippen LogP contribution in [0.15, 0.2) is 39.4 Å². The zero-order valence-corrected chi connectivity index (χ0v) is 19.4. The first-order valence-electron chi connectivity index (χ1n) is 9.55. The van der Waals surface area contributed by atoms with E-state index in [1.54, 1.807) is 17.6 Å². The summed E-state index contributed by atoms with van der Waals surface area (Å²) in [6.45, 7) is 9.16. The van der Waals surface area contributed by atoms with E-state index in [1.807, 2.05) is 23.7 Å². The van der Waals surface area contributed by atoms with Crippen LogP contribution in [0.3, 0.4) is 0 Å². The van der Waals surface area contributed by atoms with Crippen molar-refractivity contribution in [3.05, 3.63) is 40.7 Å². The summed E-state index contributed by atoms with van der Waals surface area (Å²) in [6, 6.07) is 3.91. The molecule has 156 valence electrons. The first-order valence-corrected chi connectivity index (χ1v) is 10.4. The average molecular weight is 519 g/mol. The molecule has 0 aliphatic carbocycles. The second-order valence-corrected chi connectivity index (χ2v) is 7.52. The molecule has 0 amide bonds. The van der Waals surface area contributed by atoms with Gasteiger partial charge in [-0.1, -0.05) is 6.92 Å². The van der Waals surface area contributed by atoms with Crippen LogP contribution in [-0.4, -0.2) is 68.3 Å². The first kappa shape index (κ1) is 23.1. The maximum Gasteiger partial charge on any atom is 0.191 e. The number of guanidine groups is 1. The number of aliphatic imine (C=N–C) groups is 1. The van der Waals surface area contributed by atoms with Gasteiger partial charge >= 0.3 is 0 Å². The summed E-state index contributed by atoms with van der Waals surface area (Å²) in [5, 5.41) is 10.0. The normalized spacial score (nSPS) is 16.4. The van der Waals surface area contributed by atoms with Gasteiger partial charge in [0, 0.05) is 56.6 Å². The van der Waals surface area contributed by atoms with E-state index in [4.69, 9.17) is 14.1 Å². The van der Waals surface area contributed by atoms with Crippen LogP contribution in [0.1, 0.15) is 23.6 Å². The predicted molar refractivity (Wildman–Crippen MR) is 124 cm³/mol. The van der Waals surface area contributed by atoms with Gasteiger partial charge in [0.1, 0.15) is 5.76 Å². The van der Waals surface area contributed by atoms with Crippen LogP contribution in [0.4, 0.5) is 0 Å². The lowest BCUT2D eigenvalue weighted by Crippen LogP contribution is -2.45. The lowest BCUT2D eigenvalue weighted by Gasteiger charge is -2.26. The van der Waals surface area contributed by atoms with E-state index in [-0.39, 0.29) is 24.0 Å². The lowest BCUT2D eigenvalue weighted by atomic mass is 10.2. The molecule has 2 aromatic heterocycles. The van der Waals surface area contributed by atoms with Gasteiger partial charge in [-0.15, -0.1) is 35.3 Å². The lowest BCUT2D eigenvalue weighted by molar-refractivity contribution is 0.0389. The molecule has 0 spiro atoms. The summed E-state index contributed by atoms with van der Waals surface area (Å²) < 4.78 is 10.8. The monoisotopic (exact) mass is 519 g/mol. The zero-order chi connectivity index (χ0) is 18.7. The molecule has 3 rings (SSSR count). The second kappa shape index (κ2) is 13.1. The molecule has 9 heteroatoms. The van der Waals surface area contributed by atoms with Crippen LogP contribution < -0.4 is 10.6 Å². The van der Waals surface area contributed by atoms with Crippen molar-refractivity contribution in [3.63, 3.8) is 0 Å². The van der Waals surface area contributed by atoms with E-state index in [0.29, 0.717) is 12.5 Å². The Labute approximate surface area is 188 Å². The number of morpholine rings is 1. The minimum atomic E-state index is 0. The fourth-order valence-corrected chi connectivity index (χ4v) is 3.56. The van der Waals surface area contributed by atoms with E-state index < -0.39 is 0 Å². The summed E-state index contributed by atoms with van der Waals surface area (Å²) in [5.74, 6) is 2.14. The minimum absolute atomic E-state index is 0. The molecule has 0 bridgehead atoms. The summed E-state index contributed by atoms with van der Waals surface area (Å²) in [6.07, 6.45) is 4.39. The van der Waals surface area contributed by atoms with Crippen molar-refractivity contribution < 1.29 is 9.15 Å². The molecule has 0 aromatic carbocycles. The highest BCUT2D eigenvalue weighted by atomic mass is 127. The topological polar surface area (TPSA) is 74.9 Å². The highest BCUT2D eigenvalue weighted by molar-refractivity contribution is 14.0. The third kappa shape index (κ3) is 8.06. The molecular weight excluding hydrogens is 489 g/mol. The number of hydrogen-bond donors (Lipinski definition) is 2. The van der Waals surface area contributed by atoms with Gasteiger partial charge in [0.25, 0.3) is 0 Å². The van der Waals surface area contributed by atoms with Crippen molar-refractivity contribution >= 4 is 41.3 Å². The third-order valence-electron chi connectivity index (χ3n) is 4.46. The van der Waals surface area contributed by atoms with E-state index >= 15 is 0 Å². The van der Waals surface area contributed by atoms with Gasteiger partial charge in [0.15, 0.2) is 5.96 Å². The molecule has 28 heavy (non-hydrogen) atoms. The van der Waals surface area contributed by atoms with Crippen LogP contribution in [0, 0.1) is 0 Å². The number of aromatic nitrogens is 1. The summed E-state index contributed by atoms with van der Waals surface area (Å²) in [5.41, 5.74) is 0. The molecule has 2 N–H and O–H groups in total. The number of nitrogens with zero attached hydrogens (tertiary/aromatic N) is 3. The molecule has 0 saturated carbocycles. The Hall–Kier alpha value is -1.17. The quantitative estimate of drug-likeness (QED) is 0.302. The van der Waals surface area contributed by atoms with Crippen molar-refractivity contribution in [2.24, 2.45) is 4.99 Å². The molecule has 3 heterocycles. The molecular formula is C19H30IN5O2S. The van der Waals surface area contributed by atoms with Crippen LogP contribution in [0.5, 0.6) is 0 Å². The van der Waals surface area contributed by atoms with Crippen molar-refractivity contribution in [1.82, 2.24) is 20.5 Å². The van der Waals surface area contributed by atoms with Crippen molar-refractivity contribution in [2.45, 2.75) is 19.3 Å². The Morgan fingerprint density at radius 1 is 1.32 bits per heavy atom. The smallest absolute Gasteiger partial charge is 0.191 e. The second-order valence-electron chi connectivity index (χ2n) is 6.60. The zero-order valence-electron chi connectivity index (χ0n) is 16.3. The van der Waals surface area contributed by atoms with Gasteiger partial charge < -0.3 is 19.8 Å². The average Bonchev–Trinajstić information content (AvgIpc) is 3.40. The van der Waals surface area contributed by atoms with Crippen molar-refractivity contribution in [3.8, 4) is 0 Å². The van der Waals surface area contributed by atoms with Crippen molar-refractivity contribution in [1.29, 1.82) is 0 Å². The molecule has 0 radical (unpaired) electrons. The van der Waals surface area contributed by atoms with E-state index in [1.165, 1.54) is 0 Å². The van der Waals surface area contributed by atoms with Crippen LogP contribution in [-0.2, 0) is 11.2 Å². The molecule has 1 aliphatic rings. The Morgan fingerprint density at radius 3 is 2.86 bits per heavy atom. The maximum absolute atomic E-state index is 5.40. The number of furan rings is 1. The molecule has 2 aromatic rings. The number of rotatable bonds is 9. The Morgan fingerprint density at radius 2 is 2.14 bits per heavy atom. The Balaban J connectivity index is 0.00000280. The highest BCUT2D eigenvalue weighted by Crippen LogP contribution is 2.17. The fraction of sp³-hybridized carbons (Fsp3) is 0.579. The van der Waals surface area contributed by atoms with E-state index in [2.05, 4.69) is 27.4 Å². The predicted octanol–water partition coefficient (Wildman–Crippen LogP) is 2.57. The largest absolute Gasteiger partial charge is 0.469 e. The SMILES string of the molecule is CC(CN=C(NCCc1ccco1)NCCN1CCOCC1)c1nccs1.I. The third-order valence-corrected chi connectivity index (χ3v) is 5.47.